The molecule has 0 saturated carbocycles. The van der Waals surface area contributed by atoms with Gasteiger partial charge in [0.15, 0.2) is 5.13 Å². The number of hydrogen-bond acceptors (Lipinski definition) is 5. The van der Waals surface area contributed by atoms with Crippen molar-refractivity contribution in [3.8, 4) is 11.3 Å². The van der Waals surface area contributed by atoms with E-state index < -0.39 is 41.0 Å². The summed E-state index contributed by atoms with van der Waals surface area (Å²) >= 11 is 1.04. The van der Waals surface area contributed by atoms with Gasteiger partial charge in [0.25, 0.3) is 5.91 Å². The molecule has 1 atom stereocenters. The Hall–Kier alpha value is -3.50. The Balaban J connectivity index is 1.75. The maximum absolute atomic E-state index is 15.5. The zero-order chi connectivity index (χ0) is 28.5. The molecule has 2 aromatic carbocycles. The van der Waals surface area contributed by atoms with Gasteiger partial charge < -0.3 is 9.84 Å². The molecule has 0 spiro atoms. The molecule has 0 aliphatic heterocycles. The number of carboxylic acids is 1. The van der Waals surface area contributed by atoms with Gasteiger partial charge in [-0.05, 0) is 44.0 Å². The number of amides is 1. The highest BCUT2D eigenvalue weighted by atomic mass is 32.1. The van der Waals surface area contributed by atoms with Crippen LogP contribution in [-0.2, 0) is 9.53 Å². The van der Waals surface area contributed by atoms with E-state index in [0.717, 1.165) is 55.2 Å². The molecule has 1 heterocycles. The molecule has 0 aliphatic rings. The number of hydrogen-bond donors (Lipinski definition) is 2. The van der Waals surface area contributed by atoms with Gasteiger partial charge in [-0.2, -0.15) is 0 Å². The van der Waals surface area contributed by atoms with E-state index in [1.54, 1.807) is 23.6 Å². The summed E-state index contributed by atoms with van der Waals surface area (Å²) in [6.45, 7) is 5.81. The van der Waals surface area contributed by atoms with Crippen LogP contribution >= 0.6 is 11.3 Å². The Morgan fingerprint density at radius 3 is 2.49 bits per heavy atom. The molecule has 0 bridgehead atoms. The summed E-state index contributed by atoms with van der Waals surface area (Å²) in [6.07, 6.45) is 5.28. The first kappa shape index (κ1) is 30.0. The Labute approximate surface area is 229 Å². The zero-order valence-corrected chi connectivity index (χ0v) is 22.8. The summed E-state index contributed by atoms with van der Waals surface area (Å²) in [4.78, 5) is 27.9. The van der Waals surface area contributed by atoms with Gasteiger partial charge in [0, 0.05) is 39.8 Å². The van der Waals surface area contributed by atoms with Crippen LogP contribution in [-0.4, -0.2) is 28.6 Å². The minimum Gasteiger partial charge on any atom is -0.478 e. The highest BCUT2D eigenvalue weighted by Crippen LogP contribution is 2.33. The van der Waals surface area contributed by atoms with Gasteiger partial charge in [-0.15, -0.1) is 11.3 Å². The van der Waals surface area contributed by atoms with Crippen molar-refractivity contribution in [2.75, 3.05) is 11.9 Å². The van der Waals surface area contributed by atoms with Crippen molar-refractivity contribution in [3.63, 3.8) is 0 Å². The molecule has 1 unspecified atom stereocenters. The average molecular weight is 561 g/mol. The van der Waals surface area contributed by atoms with Gasteiger partial charge in [0.05, 0.1) is 11.8 Å². The molecule has 1 amide bonds. The Morgan fingerprint density at radius 1 is 1.13 bits per heavy atom. The van der Waals surface area contributed by atoms with Crippen LogP contribution in [0.25, 0.3) is 17.3 Å². The number of carboxylic acid groups (broad SMARTS) is 1. The number of rotatable bonds is 13. The first-order valence-corrected chi connectivity index (χ1v) is 13.6. The van der Waals surface area contributed by atoms with E-state index in [4.69, 9.17) is 9.84 Å². The number of carbonyl (C=O) groups is 2. The summed E-state index contributed by atoms with van der Waals surface area (Å²) < 4.78 is 50.3. The zero-order valence-electron chi connectivity index (χ0n) is 22.0. The number of carbonyl (C=O) groups excluding carboxylic acids is 1. The van der Waals surface area contributed by atoms with Gasteiger partial charge >= 0.3 is 5.97 Å². The second kappa shape index (κ2) is 14.0. The van der Waals surface area contributed by atoms with Gasteiger partial charge in [0.1, 0.15) is 17.5 Å². The highest BCUT2D eigenvalue weighted by molar-refractivity contribution is 7.14. The van der Waals surface area contributed by atoms with Gasteiger partial charge in [-0.3, -0.25) is 10.1 Å². The summed E-state index contributed by atoms with van der Waals surface area (Å²) in [5.41, 5.74) is -0.160. The topological polar surface area (TPSA) is 88.5 Å². The number of aromatic nitrogens is 1. The lowest BCUT2D eigenvalue weighted by atomic mass is 10.0. The van der Waals surface area contributed by atoms with Crippen LogP contribution in [0.5, 0.6) is 0 Å². The highest BCUT2D eigenvalue weighted by Gasteiger charge is 2.21. The molecule has 0 aliphatic carbocycles. The number of halogens is 3. The third-order valence-corrected chi connectivity index (χ3v) is 6.86. The molecular formula is C29H31F3N2O4S. The van der Waals surface area contributed by atoms with E-state index in [2.05, 4.69) is 17.2 Å². The van der Waals surface area contributed by atoms with E-state index in [9.17, 15) is 18.4 Å². The van der Waals surface area contributed by atoms with Crippen molar-refractivity contribution < 1.29 is 32.6 Å². The van der Waals surface area contributed by atoms with Crippen molar-refractivity contribution >= 4 is 34.4 Å². The summed E-state index contributed by atoms with van der Waals surface area (Å²) in [6, 6.07) is 6.62. The van der Waals surface area contributed by atoms with Crippen LogP contribution in [0.2, 0.25) is 0 Å². The molecule has 0 fully saturated rings. The number of anilines is 1. The van der Waals surface area contributed by atoms with Crippen LogP contribution in [0.4, 0.5) is 18.3 Å². The fraction of sp³-hybridized carbons (Fsp3) is 0.345. The molecule has 208 valence electrons. The summed E-state index contributed by atoms with van der Waals surface area (Å²) in [5, 5.41) is 13.1. The van der Waals surface area contributed by atoms with Crippen molar-refractivity contribution in [1.29, 1.82) is 0 Å². The summed E-state index contributed by atoms with van der Waals surface area (Å²) in [5.74, 6) is -4.77. The minimum absolute atomic E-state index is 0.116. The minimum atomic E-state index is -1.32. The SMILES string of the molecule is CCCCCCOC(CC)c1cccc(-c2csc(NC(=O)c3cc(F)c(/C=C(\C)C(=O)O)c(F)c3)n2)c1F. The number of aliphatic carboxylic acids is 1. The quantitative estimate of drug-likeness (QED) is 0.163. The third-order valence-electron chi connectivity index (χ3n) is 6.10. The number of ether oxygens (including phenoxy) is 1. The lowest BCUT2D eigenvalue weighted by molar-refractivity contribution is -0.132. The molecular weight excluding hydrogens is 529 g/mol. The Kier molecular flexibility index (Phi) is 10.8. The van der Waals surface area contributed by atoms with Gasteiger partial charge in [0.2, 0.25) is 0 Å². The standard InChI is InChI=1S/C29H31F3N2O4S/c1-4-6-7-8-12-38-25(5-2)20-11-9-10-19(26(20)32)24-16-39-29(33-24)34-27(35)18-14-22(30)21(23(31)15-18)13-17(3)28(36)37/h9-11,13-16,25H,4-8,12H2,1-3H3,(H,36,37)(H,33,34,35)/b17-13+. The van der Waals surface area contributed by atoms with Gasteiger partial charge in [-0.25, -0.2) is 22.9 Å². The molecule has 1 aromatic heterocycles. The largest absolute Gasteiger partial charge is 0.478 e. The predicted molar refractivity (Wildman–Crippen MR) is 146 cm³/mol. The molecule has 3 aromatic rings. The van der Waals surface area contributed by atoms with Crippen LogP contribution in [0.1, 0.15) is 80.5 Å². The predicted octanol–water partition coefficient (Wildman–Crippen LogP) is 8.02. The summed E-state index contributed by atoms with van der Waals surface area (Å²) in [7, 11) is 0. The Morgan fingerprint density at radius 2 is 1.85 bits per heavy atom. The van der Waals surface area contributed by atoms with Crippen LogP contribution in [0.3, 0.4) is 0 Å². The lowest BCUT2D eigenvalue weighted by Crippen LogP contribution is -2.13. The maximum atomic E-state index is 15.5. The number of benzene rings is 2. The molecule has 6 nitrogen and oxygen atoms in total. The molecule has 0 radical (unpaired) electrons. The van der Waals surface area contributed by atoms with Crippen molar-refractivity contribution in [1.82, 2.24) is 4.98 Å². The number of unbranched alkanes of at least 4 members (excludes halogenated alkanes) is 3. The van der Waals surface area contributed by atoms with Crippen molar-refractivity contribution in [2.24, 2.45) is 0 Å². The van der Waals surface area contributed by atoms with Crippen LogP contribution in [0.15, 0.2) is 41.3 Å². The normalized spacial score (nSPS) is 12.4. The van der Waals surface area contributed by atoms with Crippen LogP contribution < -0.4 is 5.32 Å². The van der Waals surface area contributed by atoms with Crippen molar-refractivity contribution in [3.05, 3.63) is 75.4 Å². The number of nitrogens with one attached hydrogen (secondary N) is 1. The van der Waals surface area contributed by atoms with Crippen molar-refractivity contribution in [2.45, 2.75) is 59.0 Å². The third kappa shape index (κ3) is 7.77. The number of thiazole rings is 1. The first-order chi connectivity index (χ1) is 18.7. The second-order valence-electron chi connectivity index (χ2n) is 9.02. The van der Waals surface area contributed by atoms with E-state index in [-0.39, 0.29) is 21.8 Å². The average Bonchev–Trinajstić information content (AvgIpc) is 3.36. The van der Waals surface area contributed by atoms with E-state index in [1.165, 1.54) is 6.92 Å². The maximum Gasteiger partial charge on any atom is 0.331 e. The fourth-order valence-electron chi connectivity index (χ4n) is 3.93. The van der Waals surface area contributed by atoms with E-state index in [0.29, 0.717) is 24.3 Å². The molecule has 0 saturated heterocycles. The molecule has 10 heteroatoms. The molecule has 2 N–H and O–H groups in total. The number of nitrogens with zero attached hydrogens (tertiary/aromatic N) is 1. The molecule has 39 heavy (non-hydrogen) atoms. The Bertz CT molecular complexity index is 1330. The van der Waals surface area contributed by atoms with E-state index in [1.807, 2.05) is 6.92 Å². The first-order valence-electron chi connectivity index (χ1n) is 12.7. The lowest BCUT2D eigenvalue weighted by Gasteiger charge is -2.18. The monoisotopic (exact) mass is 560 g/mol. The fourth-order valence-corrected chi connectivity index (χ4v) is 4.64. The van der Waals surface area contributed by atoms with Crippen LogP contribution in [0, 0.1) is 17.5 Å². The van der Waals surface area contributed by atoms with E-state index >= 15 is 4.39 Å². The van der Waals surface area contributed by atoms with Gasteiger partial charge in [-0.1, -0.05) is 45.2 Å². The smallest absolute Gasteiger partial charge is 0.331 e. The molecule has 3 rings (SSSR count). The second-order valence-corrected chi connectivity index (χ2v) is 9.87.